The van der Waals surface area contributed by atoms with Crippen molar-refractivity contribution in [1.29, 1.82) is 0 Å². The second kappa shape index (κ2) is 6.50. The molecule has 0 aliphatic heterocycles. The van der Waals surface area contributed by atoms with Gasteiger partial charge in [0.05, 0.1) is 6.20 Å². The van der Waals surface area contributed by atoms with Gasteiger partial charge in [0, 0.05) is 33.1 Å². The zero-order chi connectivity index (χ0) is 17.4. The lowest BCUT2D eigenvalue weighted by Crippen LogP contribution is -1.97. The first-order valence-corrected chi connectivity index (χ1v) is 8.90. The second-order valence-electron chi connectivity index (χ2n) is 5.71. The lowest BCUT2D eigenvalue weighted by molar-refractivity contribution is 1.13. The van der Waals surface area contributed by atoms with Crippen molar-refractivity contribution in [2.75, 3.05) is 5.32 Å². The van der Waals surface area contributed by atoms with Gasteiger partial charge in [0.1, 0.15) is 11.5 Å². The Labute approximate surface area is 158 Å². The van der Waals surface area contributed by atoms with Crippen LogP contribution in [0.1, 0.15) is 5.56 Å². The van der Waals surface area contributed by atoms with Crippen molar-refractivity contribution in [3.63, 3.8) is 0 Å². The van der Waals surface area contributed by atoms with E-state index in [0.717, 1.165) is 43.5 Å². The molecule has 4 nitrogen and oxygen atoms in total. The van der Waals surface area contributed by atoms with Gasteiger partial charge in [-0.1, -0.05) is 45.7 Å². The Morgan fingerprint density at radius 2 is 1.92 bits per heavy atom. The number of nitrogens with one attached hydrogen (secondary N) is 1. The van der Waals surface area contributed by atoms with Gasteiger partial charge in [-0.15, -0.1) is 0 Å². The third-order valence-corrected chi connectivity index (χ3v) is 4.92. The van der Waals surface area contributed by atoms with Crippen molar-refractivity contribution in [1.82, 2.24) is 14.4 Å². The predicted molar refractivity (Wildman–Crippen MR) is 106 cm³/mol. The quantitative estimate of drug-likeness (QED) is 0.457. The second-order valence-corrected chi connectivity index (χ2v) is 7.03. The van der Waals surface area contributed by atoms with Gasteiger partial charge < -0.3 is 5.32 Å². The molecule has 2 heterocycles. The van der Waals surface area contributed by atoms with Crippen LogP contribution in [0.2, 0.25) is 5.02 Å². The minimum Gasteiger partial charge on any atom is -0.339 e. The van der Waals surface area contributed by atoms with Gasteiger partial charge in [-0.25, -0.2) is 4.98 Å². The zero-order valence-corrected chi connectivity index (χ0v) is 15.7. The van der Waals surface area contributed by atoms with Crippen molar-refractivity contribution in [2.24, 2.45) is 0 Å². The van der Waals surface area contributed by atoms with Gasteiger partial charge in [-0.3, -0.25) is 9.38 Å². The van der Waals surface area contributed by atoms with Crippen LogP contribution in [-0.4, -0.2) is 14.4 Å². The lowest BCUT2D eigenvalue weighted by atomic mass is 10.1. The Kier molecular flexibility index (Phi) is 4.19. The topological polar surface area (TPSA) is 42.2 Å². The van der Waals surface area contributed by atoms with E-state index in [0.29, 0.717) is 0 Å². The van der Waals surface area contributed by atoms with Crippen LogP contribution in [0.3, 0.4) is 0 Å². The fraction of sp³-hybridized carbons (Fsp3) is 0.0526. The van der Waals surface area contributed by atoms with E-state index in [2.05, 4.69) is 26.2 Å². The predicted octanol–water partition coefficient (Wildman–Crippen LogP) is 5.86. The summed E-state index contributed by atoms with van der Waals surface area (Å²) in [7, 11) is 0. The summed E-state index contributed by atoms with van der Waals surface area (Å²) in [5, 5.41) is 4.18. The molecule has 4 rings (SSSR count). The molecule has 4 aromatic rings. The fourth-order valence-electron chi connectivity index (χ4n) is 2.64. The number of aryl methyl sites for hydroxylation is 1. The molecule has 25 heavy (non-hydrogen) atoms. The fourth-order valence-corrected chi connectivity index (χ4v) is 3.09. The van der Waals surface area contributed by atoms with E-state index in [4.69, 9.17) is 16.6 Å². The highest BCUT2D eigenvalue weighted by atomic mass is 79.9. The standard InChI is InChI=1S/C19H14BrClN4/c1-12-2-7-15(10-16(12)21)23-19-18(13-3-5-14(20)6-4-13)24-17-11-22-8-9-25(17)19/h2-11,23H,1H3. The minimum atomic E-state index is 0.727. The van der Waals surface area contributed by atoms with Gasteiger partial charge >= 0.3 is 0 Å². The molecule has 0 fully saturated rings. The number of fused-ring (bicyclic) bond motifs is 1. The van der Waals surface area contributed by atoms with E-state index in [9.17, 15) is 0 Å². The summed E-state index contributed by atoms with van der Waals surface area (Å²) < 4.78 is 3.01. The number of anilines is 2. The average Bonchev–Trinajstić information content (AvgIpc) is 2.97. The molecule has 0 aliphatic carbocycles. The summed E-state index contributed by atoms with van der Waals surface area (Å²) in [6.07, 6.45) is 5.38. The molecule has 0 saturated carbocycles. The van der Waals surface area contributed by atoms with E-state index in [-0.39, 0.29) is 0 Å². The third kappa shape index (κ3) is 3.13. The van der Waals surface area contributed by atoms with Crippen LogP contribution in [0.25, 0.3) is 16.9 Å². The van der Waals surface area contributed by atoms with Gasteiger partial charge in [-0.05, 0) is 36.8 Å². The molecular weight excluding hydrogens is 400 g/mol. The summed E-state index contributed by atoms with van der Waals surface area (Å²) >= 11 is 9.74. The van der Waals surface area contributed by atoms with Crippen LogP contribution in [0.5, 0.6) is 0 Å². The molecule has 0 amide bonds. The van der Waals surface area contributed by atoms with Crippen molar-refractivity contribution >= 4 is 44.7 Å². The van der Waals surface area contributed by atoms with Gasteiger partial charge in [0.2, 0.25) is 0 Å². The van der Waals surface area contributed by atoms with Crippen LogP contribution in [-0.2, 0) is 0 Å². The molecule has 124 valence electrons. The number of benzene rings is 2. The smallest absolute Gasteiger partial charge is 0.157 e. The molecule has 0 spiro atoms. The van der Waals surface area contributed by atoms with Crippen molar-refractivity contribution in [2.45, 2.75) is 6.92 Å². The SMILES string of the molecule is Cc1ccc(Nc2c(-c3ccc(Br)cc3)nc3cnccn23)cc1Cl. The number of halogens is 2. The summed E-state index contributed by atoms with van der Waals surface area (Å²) in [6.45, 7) is 1.99. The highest BCUT2D eigenvalue weighted by molar-refractivity contribution is 9.10. The van der Waals surface area contributed by atoms with Gasteiger partial charge in [0.15, 0.2) is 5.65 Å². The number of aromatic nitrogens is 3. The summed E-state index contributed by atoms with van der Waals surface area (Å²) in [5.74, 6) is 0.875. The third-order valence-electron chi connectivity index (χ3n) is 3.98. The first kappa shape index (κ1) is 16.1. The van der Waals surface area contributed by atoms with E-state index in [1.807, 2.05) is 60.0 Å². The number of hydrogen-bond acceptors (Lipinski definition) is 3. The van der Waals surface area contributed by atoms with Gasteiger partial charge in [-0.2, -0.15) is 0 Å². The number of imidazole rings is 1. The van der Waals surface area contributed by atoms with Crippen LogP contribution >= 0.6 is 27.5 Å². The number of nitrogens with zero attached hydrogens (tertiary/aromatic N) is 3. The summed E-state index contributed by atoms with van der Waals surface area (Å²) in [6, 6.07) is 14.0. The van der Waals surface area contributed by atoms with E-state index < -0.39 is 0 Å². The van der Waals surface area contributed by atoms with Crippen molar-refractivity contribution in [3.05, 3.63) is 76.1 Å². The summed E-state index contributed by atoms with van der Waals surface area (Å²) in [5.41, 5.74) is 4.61. The number of rotatable bonds is 3. The molecule has 0 atom stereocenters. The normalized spacial score (nSPS) is 11.0. The first-order chi connectivity index (χ1) is 12.1. The van der Waals surface area contributed by atoms with Crippen molar-refractivity contribution < 1.29 is 0 Å². The average molecular weight is 414 g/mol. The Morgan fingerprint density at radius 3 is 2.68 bits per heavy atom. The highest BCUT2D eigenvalue weighted by Crippen LogP contribution is 2.32. The van der Waals surface area contributed by atoms with Crippen LogP contribution < -0.4 is 5.32 Å². The largest absolute Gasteiger partial charge is 0.339 e. The molecule has 2 aromatic heterocycles. The van der Waals surface area contributed by atoms with Crippen LogP contribution in [0.15, 0.2) is 65.5 Å². The number of hydrogen-bond donors (Lipinski definition) is 1. The molecule has 2 aromatic carbocycles. The van der Waals surface area contributed by atoms with Gasteiger partial charge in [0.25, 0.3) is 0 Å². The molecule has 6 heteroatoms. The maximum Gasteiger partial charge on any atom is 0.157 e. The first-order valence-electron chi connectivity index (χ1n) is 7.73. The lowest BCUT2D eigenvalue weighted by Gasteiger charge is -2.10. The maximum absolute atomic E-state index is 6.27. The molecule has 0 unspecified atom stereocenters. The Morgan fingerprint density at radius 1 is 1.12 bits per heavy atom. The zero-order valence-electron chi connectivity index (χ0n) is 13.4. The Bertz CT molecular complexity index is 1060. The van der Waals surface area contributed by atoms with Crippen LogP contribution in [0, 0.1) is 6.92 Å². The minimum absolute atomic E-state index is 0.727. The molecule has 0 bridgehead atoms. The Hall–Kier alpha value is -2.37. The molecule has 0 saturated heterocycles. The van der Waals surface area contributed by atoms with Crippen LogP contribution in [0.4, 0.5) is 11.5 Å². The summed E-state index contributed by atoms with van der Waals surface area (Å²) in [4.78, 5) is 8.91. The van der Waals surface area contributed by atoms with Crippen molar-refractivity contribution in [3.8, 4) is 11.3 Å². The monoisotopic (exact) mass is 412 g/mol. The molecule has 0 radical (unpaired) electrons. The van der Waals surface area contributed by atoms with E-state index in [1.165, 1.54) is 0 Å². The van der Waals surface area contributed by atoms with E-state index in [1.54, 1.807) is 12.4 Å². The molecule has 0 aliphatic rings. The Balaban J connectivity index is 1.87. The molecule has 1 N–H and O–H groups in total. The highest BCUT2D eigenvalue weighted by Gasteiger charge is 2.14. The van der Waals surface area contributed by atoms with E-state index >= 15 is 0 Å². The molecular formula is C19H14BrClN4. The maximum atomic E-state index is 6.27.